The van der Waals surface area contributed by atoms with Gasteiger partial charge in [-0.25, -0.2) is 8.42 Å². The zero-order valence-corrected chi connectivity index (χ0v) is 18.2. The number of aryl methyl sites for hydroxylation is 3. The first-order chi connectivity index (χ1) is 14.3. The van der Waals surface area contributed by atoms with Crippen molar-refractivity contribution in [3.05, 3.63) is 89.0 Å². The normalized spacial score (nSPS) is 11.2. The first-order valence-electron chi connectivity index (χ1n) is 9.95. The molecule has 0 heterocycles. The van der Waals surface area contributed by atoms with Crippen molar-refractivity contribution < 1.29 is 13.2 Å². The second-order valence-corrected chi connectivity index (χ2v) is 8.79. The summed E-state index contributed by atoms with van der Waals surface area (Å²) in [6, 6.07) is 19.1. The summed E-state index contributed by atoms with van der Waals surface area (Å²) in [6.45, 7) is 6.00. The van der Waals surface area contributed by atoms with Crippen LogP contribution >= 0.6 is 0 Å². The summed E-state index contributed by atoms with van der Waals surface area (Å²) in [6.07, 6.45) is 1.58. The molecule has 156 valence electrons. The number of carbonyl (C=O) groups excluding carboxylic acids is 1. The molecular formula is C24H26N2O3S. The highest BCUT2D eigenvalue weighted by atomic mass is 32.2. The van der Waals surface area contributed by atoms with Gasteiger partial charge in [0.2, 0.25) is 0 Å². The Hall–Kier alpha value is -3.12. The van der Waals surface area contributed by atoms with E-state index in [2.05, 4.69) is 10.0 Å². The quantitative estimate of drug-likeness (QED) is 0.551. The fourth-order valence-electron chi connectivity index (χ4n) is 3.23. The zero-order chi connectivity index (χ0) is 21.7. The van der Waals surface area contributed by atoms with E-state index in [1.54, 1.807) is 24.3 Å². The molecule has 0 saturated carbocycles. The van der Waals surface area contributed by atoms with Gasteiger partial charge in [0.05, 0.1) is 4.90 Å². The maximum Gasteiger partial charge on any atom is 0.261 e. The van der Waals surface area contributed by atoms with E-state index in [0.717, 1.165) is 35.2 Å². The van der Waals surface area contributed by atoms with Crippen LogP contribution in [0.15, 0.2) is 71.6 Å². The van der Waals surface area contributed by atoms with Crippen LogP contribution in [0.25, 0.3) is 0 Å². The average molecular weight is 423 g/mol. The number of amides is 1. The predicted octanol–water partition coefficient (Wildman–Crippen LogP) is 5.17. The molecular weight excluding hydrogens is 396 g/mol. The van der Waals surface area contributed by atoms with E-state index in [9.17, 15) is 13.2 Å². The summed E-state index contributed by atoms with van der Waals surface area (Å²) < 4.78 is 28.1. The van der Waals surface area contributed by atoms with Crippen molar-refractivity contribution in [3.63, 3.8) is 0 Å². The van der Waals surface area contributed by atoms with Crippen LogP contribution in [0.4, 0.5) is 11.4 Å². The highest BCUT2D eigenvalue weighted by Gasteiger charge is 2.18. The molecule has 0 atom stereocenters. The molecule has 0 aliphatic heterocycles. The van der Waals surface area contributed by atoms with Crippen LogP contribution in [-0.4, -0.2) is 14.3 Å². The summed E-state index contributed by atoms with van der Waals surface area (Å²) in [7, 11) is -3.81. The Balaban J connectivity index is 1.86. The van der Waals surface area contributed by atoms with Gasteiger partial charge in [0, 0.05) is 16.9 Å². The highest BCUT2D eigenvalue weighted by molar-refractivity contribution is 7.92. The van der Waals surface area contributed by atoms with Gasteiger partial charge in [-0.15, -0.1) is 0 Å². The fourth-order valence-corrected chi connectivity index (χ4v) is 4.33. The summed E-state index contributed by atoms with van der Waals surface area (Å²) in [5, 5.41) is 2.98. The molecule has 2 N–H and O–H groups in total. The molecule has 0 fully saturated rings. The van der Waals surface area contributed by atoms with Crippen molar-refractivity contribution in [1.29, 1.82) is 0 Å². The van der Waals surface area contributed by atoms with E-state index in [0.29, 0.717) is 5.69 Å². The van der Waals surface area contributed by atoms with Gasteiger partial charge < -0.3 is 5.32 Å². The van der Waals surface area contributed by atoms with Gasteiger partial charge in [0.1, 0.15) is 0 Å². The maximum atomic E-state index is 12.9. The lowest BCUT2D eigenvalue weighted by Gasteiger charge is -2.15. The highest BCUT2D eigenvalue weighted by Crippen LogP contribution is 2.24. The van der Waals surface area contributed by atoms with Gasteiger partial charge in [0.25, 0.3) is 15.9 Å². The van der Waals surface area contributed by atoms with E-state index >= 15 is 0 Å². The number of rotatable bonds is 7. The number of carbonyl (C=O) groups is 1. The number of nitrogens with one attached hydrogen (secondary N) is 2. The van der Waals surface area contributed by atoms with Crippen LogP contribution in [0.3, 0.4) is 0 Å². The Morgan fingerprint density at radius 1 is 0.867 bits per heavy atom. The Bertz CT molecular complexity index is 1130. The zero-order valence-electron chi connectivity index (χ0n) is 17.4. The van der Waals surface area contributed by atoms with Crippen molar-refractivity contribution in [2.45, 2.75) is 38.5 Å². The molecule has 0 aliphatic carbocycles. The molecule has 1 amide bonds. The standard InChI is InChI=1S/C24H26N2O3S/c1-4-18-8-6-9-19(5-2)23(18)25-24(27)20-10-7-11-22(16-20)30(28,29)26-21-14-12-17(3)13-15-21/h6-16,26H,4-5H2,1-3H3,(H,25,27). The first kappa shape index (κ1) is 21.6. The number of anilines is 2. The third-order valence-electron chi connectivity index (χ3n) is 4.95. The number of sulfonamides is 1. The van der Waals surface area contributed by atoms with Gasteiger partial charge in [0.15, 0.2) is 0 Å². The average Bonchev–Trinajstić information content (AvgIpc) is 2.75. The number of hydrogen-bond donors (Lipinski definition) is 2. The van der Waals surface area contributed by atoms with E-state index in [-0.39, 0.29) is 16.4 Å². The van der Waals surface area contributed by atoms with Crippen LogP contribution in [0.2, 0.25) is 0 Å². The van der Waals surface area contributed by atoms with E-state index in [1.807, 2.05) is 51.1 Å². The monoisotopic (exact) mass is 422 g/mol. The van der Waals surface area contributed by atoms with Crippen LogP contribution in [0, 0.1) is 6.92 Å². The van der Waals surface area contributed by atoms with Crippen molar-refractivity contribution in [1.82, 2.24) is 0 Å². The Kier molecular flexibility index (Phi) is 6.57. The second-order valence-electron chi connectivity index (χ2n) is 7.11. The van der Waals surface area contributed by atoms with E-state index in [4.69, 9.17) is 0 Å². The molecule has 5 nitrogen and oxygen atoms in total. The molecule has 6 heteroatoms. The summed E-state index contributed by atoms with van der Waals surface area (Å²) in [4.78, 5) is 12.9. The summed E-state index contributed by atoms with van der Waals surface area (Å²) >= 11 is 0. The largest absolute Gasteiger partial charge is 0.321 e. The second kappa shape index (κ2) is 9.13. The number of benzene rings is 3. The molecule has 30 heavy (non-hydrogen) atoms. The summed E-state index contributed by atoms with van der Waals surface area (Å²) in [5.74, 6) is -0.335. The molecule has 0 unspecified atom stereocenters. The maximum absolute atomic E-state index is 12.9. The van der Waals surface area contributed by atoms with E-state index in [1.165, 1.54) is 12.1 Å². The fraction of sp³-hybridized carbons (Fsp3) is 0.208. The molecule has 0 aliphatic rings. The molecule has 0 saturated heterocycles. The Morgan fingerprint density at radius 2 is 1.47 bits per heavy atom. The lowest BCUT2D eigenvalue weighted by molar-refractivity contribution is 0.102. The third-order valence-corrected chi connectivity index (χ3v) is 6.33. The van der Waals surface area contributed by atoms with Crippen molar-refractivity contribution in [2.75, 3.05) is 10.0 Å². The van der Waals surface area contributed by atoms with Crippen LogP contribution in [0.1, 0.15) is 40.9 Å². The van der Waals surface area contributed by atoms with Gasteiger partial charge in [-0.05, 0) is 61.2 Å². The minimum Gasteiger partial charge on any atom is -0.321 e. The molecule has 0 spiro atoms. The Morgan fingerprint density at radius 3 is 2.07 bits per heavy atom. The summed E-state index contributed by atoms with van der Waals surface area (Å²) in [5.41, 5.74) is 4.70. The third kappa shape index (κ3) is 4.89. The first-order valence-corrected chi connectivity index (χ1v) is 11.4. The van der Waals surface area contributed by atoms with Crippen molar-refractivity contribution >= 4 is 27.3 Å². The van der Waals surface area contributed by atoms with Crippen molar-refractivity contribution in [2.24, 2.45) is 0 Å². The van der Waals surface area contributed by atoms with Gasteiger partial charge in [-0.3, -0.25) is 9.52 Å². The molecule has 0 aromatic heterocycles. The van der Waals surface area contributed by atoms with Crippen LogP contribution in [-0.2, 0) is 22.9 Å². The minimum absolute atomic E-state index is 0.0372. The lowest BCUT2D eigenvalue weighted by atomic mass is 10.0. The van der Waals surface area contributed by atoms with Crippen LogP contribution < -0.4 is 10.0 Å². The van der Waals surface area contributed by atoms with Crippen molar-refractivity contribution in [3.8, 4) is 0 Å². The van der Waals surface area contributed by atoms with Gasteiger partial charge >= 0.3 is 0 Å². The molecule has 0 radical (unpaired) electrons. The molecule has 0 bridgehead atoms. The predicted molar refractivity (Wildman–Crippen MR) is 122 cm³/mol. The SMILES string of the molecule is CCc1cccc(CC)c1NC(=O)c1cccc(S(=O)(=O)Nc2ccc(C)cc2)c1. The number of hydrogen-bond acceptors (Lipinski definition) is 3. The lowest BCUT2D eigenvalue weighted by Crippen LogP contribution is -2.17. The number of para-hydroxylation sites is 1. The van der Waals surface area contributed by atoms with Gasteiger partial charge in [-0.2, -0.15) is 0 Å². The van der Waals surface area contributed by atoms with E-state index < -0.39 is 10.0 Å². The van der Waals surface area contributed by atoms with Gasteiger partial charge in [-0.1, -0.05) is 55.8 Å². The van der Waals surface area contributed by atoms with Crippen LogP contribution in [0.5, 0.6) is 0 Å². The topological polar surface area (TPSA) is 75.3 Å². The molecule has 3 aromatic rings. The smallest absolute Gasteiger partial charge is 0.261 e. The Labute approximate surface area is 178 Å². The minimum atomic E-state index is -3.81. The molecule has 3 aromatic carbocycles. The molecule has 3 rings (SSSR count).